The van der Waals surface area contributed by atoms with Crippen LogP contribution in [0.5, 0.6) is 0 Å². The van der Waals surface area contributed by atoms with E-state index >= 15 is 0 Å². The Kier molecular flexibility index (Phi) is 4.68. The SMILES string of the molecule is CC1CN(C(=O)CCc2ccc(Cl)cc2)Cc2[nH]c3ccc(Cl)cc3c21. The highest BCUT2D eigenvalue weighted by molar-refractivity contribution is 6.31. The summed E-state index contributed by atoms with van der Waals surface area (Å²) in [6, 6.07) is 13.6. The van der Waals surface area contributed by atoms with E-state index in [9.17, 15) is 4.79 Å². The molecule has 4 rings (SSSR count). The van der Waals surface area contributed by atoms with Crippen molar-refractivity contribution in [1.29, 1.82) is 0 Å². The monoisotopic (exact) mass is 386 g/mol. The first-order valence-corrected chi connectivity index (χ1v) is 9.59. The second-order valence-electron chi connectivity index (χ2n) is 7.01. The molecule has 0 fully saturated rings. The molecular weight excluding hydrogens is 367 g/mol. The van der Waals surface area contributed by atoms with E-state index in [1.165, 1.54) is 10.9 Å². The van der Waals surface area contributed by atoms with Crippen LogP contribution in [-0.2, 0) is 17.8 Å². The van der Waals surface area contributed by atoms with Crippen molar-refractivity contribution in [3.05, 3.63) is 69.3 Å². The lowest BCUT2D eigenvalue weighted by molar-refractivity contribution is -0.132. The molecule has 0 saturated carbocycles. The molecular formula is C21H20Cl2N2O. The van der Waals surface area contributed by atoms with E-state index < -0.39 is 0 Å². The average Bonchev–Trinajstić information content (AvgIpc) is 2.99. The number of amides is 1. The number of benzene rings is 2. The van der Waals surface area contributed by atoms with Crippen LogP contribution in [0, 0.1) is 0 Å². The molecule has 0 saturated heterocycles. The zero-order chi connectivity index (χ0) is 18.3. The summed E-state index contributed by atoms with van der Waals surface area (Å²) in [7, 11) is 0. The molecule has 2 heterocycles. The largest absolute Gasteiger partial charge is 0.357 e. The van der Waals surface area contributed by atoms with Gasteiger partial charge in [-0.15, -0.1) is 0 Å². The first kappa shape index (κ1) is 17.4. The summed E-state index contributed by atoms with van der Waals surface area (Å²) in [5, 5.41) is 2.64. The van der Waals surface area contributed by atoms with E-state index in [1.54, 1.807) is 0 Å². The van der Waals surface area contributed by atoms with Crippen LogP contribution >= 0.6 is 23.2 Å². The van der Waals surface area contributed by atoms with Crippen LogP contribution in [-0.4, -0.2) is 22.3 Å². The lowest BCUT2D eigenvalue weighted by Crippen LogP contribution is -2.37. The molecule has 0 aliphatic carbocycles. The van der Waals surface area contributed by atoms with E-state index in [0.717, 1.165) is 39.8 Å². The molecule has 2 aromatic carbocycles. The van der Waals surface area contributed by atoms with Gasteiger partial charge in [0.1, 0.15) is 0 Å². The van der Waals surface area contributed by atoms with E-state index in [1.807, 2.05) is 47.4 Å². The van der Waals surface area contributed by atoms with Crippen molar-refractivity contribution in [3.8, 4) is 0 Å². The maximum absolute atomic E-state index is 12.7. The molecule has 134 valence electrons. The molecule has 5 heteroatoms. The zero-order valence-electron chi connectivity index (χ0n) is 14.6. The normalized spacial score (nSPS) is 16.7. The van der Waals surface area contributed by atoms with Crippen LogP contribution in [0.25, 0.3) is 10.9 Å². The van der Waals surface area contributed by atoms with Gasteiger partial charge in [0.05, 0.1) is 6.54 Å². The van der Waals surface area contributed by atoms with Gasteiger partial charge in [-0.05, 0) is 47.9 Å². The fourth-order valence-electron chi connectivity index (χ4n) is 3.86. The van der Waals surface area contributed by atoms with Crippen molar-refractivity contribution in [1.82, 2.24) is 9.88 Å². The molecule has 3 nitrogen and oxygen atoms in total. The van der Waals surface area contributed by atoms with Gasteiger partial charge in [-0.25, -0.2) is 0 Å². The molecule has 1 aliphatic rings. The number of carbonyl (C=O) groups excluding carboxylic acids is 1. The number of carbonyl (C=O) groups is 1. The van der Waals surface area contributed by atoms with Gasteiger partial charge in [0.25, 0.3) is 0 Å². The number of rotatable bonds is 3. The molecule has 0 spiro atoms. The smallest absolute Gasteiger partial charge is 0.223 e. The fourth-order valence-corrected chi connectivity index (χ4v) is 4.15. The predicted molar refractivity (Wildman–Crippen MR) is 107 cm³/mol. The van der Waals surface area contributed by atoms with E-state index in [-0.39, 0.29) is 11.8 Å². The molecule has 26 heavy (non-hydrogen) atoms. The molecule has 1 aliphatic heterocycles. The van der Waals surface area contributed by atoms with Crippen molar-refractivity contribution < 1.29 is 4.79 Å². The highest BCUT2D eigenvalue weighted by Gasteiger charge is 2.28. The third-order valence-electron chi connectivity index (χ3n) is 5.11. The molecule has 0 bridgehead atoms. The minimum absolute atomic E-state index is 0.189. The minimum Gasteiger partial charge on any atom is -0.357 e. The first-order valence-electron chi connectivity index (χ1n) is 8.83. The molecule has 0 radical (unpaired) electrons. The van der Waals surface area contributed by atoms with Crippen molar-refractivity contribution in [2.24, 2.45) is 0 Å². The number of nitrogens with one attached hydrogen (secondary N) is 1. The lowest BCUT2D eigenvalue weighted by Gasteiger charge is -2.31. The Morgan fingerprint density at radius 2 is 1.88 bits per heavy atom. The van der Waals surface area contributed by atoms with Gasteiger partial charge in [-0.3, -0.25) is 4.79 Å². The quantitative estimate of drug-likeness (QED) is 0.628. The number of aromatic amines is 1. The van der Waals surface area contributed by atoms with Crippen molar-refractivity contribution in [3.63, 3.8) is 0 Å². The average molecular weight is 387 g/mol. The topological polar surface area (TPSA) is 36.1 Å². The second kappa shape index (κ2) is 6.98. The van der Waals surface area contributed by atoms with Crippen LogP contribution in [0.2, 0.25) is 10.0 Å². The number of hydrogen-bond donors (Lipinski definition) is 1. The van der Waals surface area contributed by atoms with Gasteiger partial charge >= 0.3 is 0 Å². The van der Waals surface area contributed by atoms with Crippen molar-refractivity contribution >= 4 is 40.0 Å². The Balaban J connectivity index is 1.50. The predicted octanol–water partition coefficient (Wildman–Crippen LogP) is 5.55. The Labute approximate surface area is 162 Å². The van der Waals surface area contributed by atoms with Gasteiger partial charge in [0.2, 0.25) is 5.91 Å². The van der Waals surface area contributed by atoms with Crippen LogP contribution in [0.4, 0.5) is 0 Å². The van der Waals surface area contributed by atoms with Gasteiger partial charge in [-0.1, -0.05) is 42.3 Å². The van der Waals surface area contributed by atoms with E-state index in [4.69, 9.17) is 23.2 Å². The highest BCUT2D eigenvalue weighted by Crippen LogP contribution is 2.35. The standard InChI is InChI=1S/C21H20Cl2N2O/c1-13-11-25(20(26)9-4-14-2-5-15(22)6-3-14)12-19-21(13)17-10-16(23)7-8-18(17)24-19/h2-3,5-8,10,13,24H,4,9,11-12H2,1H3. The summed E-state index contributed by atoms with van der Waals surface area (Å²) in [4.78, 5) is 18.2. The number of aryl methyl sites for hydroxylation is 1. The van der Waals surface area contributed by atoms with Gasteiger partial charge in [0.15, 0.2) is 0 Å². The molecule has 3 aromatic rings. The van der Waals surface area contributed by atoms with Crippen molar-refractivity contribution in [2.45, 2.75) is 32.2 Å². The Morgan fingerprint density at radius 1 is 1.15 bits per heavy atom. The molecule has 1 unspecified atom stereocenters. The number of H-pyrrole nitrogens is 1. The summed E-state index contributed by atoms with van der Waals surface area (Å²) in [6.45, 7) is 3.54. The molecule has 1 aromatic heterocycles. The summed E-state index contributed by atoms with van der Waals surface area (Å²) in [5.74, 6) is 0.472. The first-order chi connectivity index (χ1) is 12.5. The van der Waals surface area contributed by atoms with Gasteiger partial charge in [-0.2, -0.15) is 0 Å². The minimum atomic E-state index is 0.189. The summed E-state index contributed by atoms with van der Waals surface area (Å²) in [5.41, 5.74) is 4.64. The number of aromatic nitrogens is 1. The summed E-state index contributed by atoms with van der Waals surface area (Å²) >= 11 is 12.1. The number of halogens is 2. The molecule has 1 N–H and O–H groups in total. The van der Waals surface area contributed by atoms with Gasteiger partial charge < -0.3 is 9.88 Å². The number of hydrogen-bond acceptors (Lipinski definition) is 1. The fraction of sp³-hybridized carbons (Fsp3) is 0.286. The van der Waals surface area contributed by atoms with Gasteiger partial charge in [0, 0.05) is 45.5 Å². The Morgan fingerprint density at radius 3 is 2.65 bits per heavy atom. The van der Waals surface area contributed by atoms with Crippen LogP contribution < -0.4 is 0 Å². The third-order valence-corrected chi connectivity index (χ3v) is 5.60. The van der Waals surface area contributed by atoms with E-state index in [2.05, 4.69) is 11.9 Å². The number of fused-ring (bicyclic) bond motifs is 3. The maximum Gasteiger partial charge on any atom is 0.223 e. The summed E-state index contributed by atoms with van der Waals surface area (Å²) in [6.07, 6.45) is 1.24. The van der Waals surface area contributed by atoms with Crippen LogP contribution in [0.3, 0.4) is 0 Å². The Hall–Kier alpha value is -1.97. The maximum atomic E-state index is 12.7. The highest BCUT2D eigenvalue weighted by atomic mass is 35.5. The van der Waals surface area contributed by atoms with Crippen molar-refractivity contribution in [2.75, 3.05) is 6.54 Å². The summed E-state index contributed by atoms with van der Waals surface area (Å²) < 4.78 is 0. The number of nitrogens with zero attached hydrogens (tertiary/aromatic N) is 1. The van der Waals surface area contributed by atoms with E-state index in [0.29, 0.717) is 13.0 Å². The lowest BCUT2D eigenvalue weighted by atomic mass is 9.93. The zero-order valence-corrected chi connectivity index (χ0v) is 16.1. The molecule has 1 atom stereocenters. The Bertz CT molecular complexity index is 962. The van der Waals surface area contributed by atoms with Crippen LogP contribution in [0.1, 0.15) is 36.1 Å². The second-order valence-corrected chi connectivity index (χ2v) is 7.88. The third kappa shape index (κ3) is 3.34. The molecule has 1 amide bonds. The van der Waals surface area contributed by atoms with Crippen LogP contribution in [0.15, 0.2) is 42.5 Å².